The second-order valence-electron chi connectivity index (χ2n) is 4.28. The number of amides is 1. The van der Waals surface area contributed by atoms with Gasteiger partial charge in [0.1, 0.15) is 0 Å². The molecule has 0 saturated carbocycles. The SMILES string of the molecule is CN(Cc1cnn(C)c1)C(=O)c1cccc(Br)c1Cl. The van der Waals surface area contributed by atoms with Gasteiger partial charge in [-0.05, 0) is 28.1 Å². The molecule has 4 nitrogen and oxygen atoms in total. The van der Waals surface area contributed by atoms with E-state index in [0.29, 0.717) is 17.1 Å². The first-order valence-electron chi connectivity index (χ1n) is 5.66. The highest BCUT2D eigenvalue weighted by molar-refractivity contribution is 9.10. The standard InChI is InChI=1S/C13H13BrClN3O/c1-17(7-9-6-16-18(2)8-9)13(19)10-4-3-5-11(14)12(10)15/h3-6,8H,7H2,1-2H3. The van der Waals surface area contributed by atoms with Crippen LogP contribution in [0.4, 0.5) is 0 Å². The second kappa shape index (κ2) is 5.75. The van der Waals surface area contributed by atoms with Gasteiger partial charge in [0.05, 0.1) is 16.8 Å². The van der Waals surface area contributed by atoms with E-state index in [1.54, 1.807) is 41.0 Å². The minimum atomic E-state index is -0.116. The number of hydrogen-bond donors (Lipinski definition) is 0. The van der Waals surface area contributed by atoms with Crippen molar-refractivity contribution in [3.8, 4) is 0 Å². The Balaban J connectivity index is 2.17. The molecule has 0 N–H and O–H groups in total. The molecule has 0 aliphatic heterocycles. The topological polar surface area (TPSA) is 38.1 Å². The monoisotopic (exact) mass is 341 g/mol. The van der Waals surface area contributed by atoms with Crippen molar-refractivity contribution in [3.05, 3.63) is 51.2 Å². The van der Waals surface area contributed by atoms with Crippen molar-refractivity contribution >= 4 is 33.4 Å². The molecule has 1 heterocycles. The van der Waals surface area contributed by atoms with E-state index in [4.69, 9.17) is 11.6 Å². The molecule has 0 spiro atoms. The van der Waals surface area contributed by atoms with Gasteiger partial charge >= 0.3 is 0 Å². The number of carbonyl (C=O) groups is 1. The van der Waals surface area contributed by atoms with Gasteiger partial charge in [-0.2, -0.15) is 5.10 Å². The summed E-state index contributed by atoms with van der Waals surface area (Å²) in [7, 11) is 3.59. The highest BCUT2D eigenvalue weighted by Gasteiger charge is 2.17. The summed E-state index contributed by atoms with van der Waals surface area (Å²) in [5.41, 5.74) is 1.46. The highest BCUT2D eigenvalue weighted by atomic mass is 79.9. The van der Waals surface area contributed by atoms with Crippen molar-refractivity contribution in [2.75, 3.05) is 7.05 Å². The number of aryl methyl sites for hydroxylation is 1. The zero-order valence-corrected chi connectivity index (χ0v) is 12.9. The molecule has 1 aromatic carbocycles. The van der Waals surface area contributed by atoms with Crippen LogP contribution in [0.1, 0.15) is 15.9 Å². The molecule has 0 aliphatic rings. The lowest BCUT2D eigenvalue weighted by Crippen LogP contribution is -2.26. The average Bonchev–Trinajstić information content (AvgIpc) is 2.77. The summed E-state index contributed by atoms with van der Waals surface area (Å²) in [4.78, 5) is 13.9. The summed E-state index contributed by atoms with van der Waals surface area (Å²) >= 11 is 9.45. The molecule has 0 saturated heterocycles. The molecule has 6 heteroatoms. The smallest absolute Gasteiger partial charge is 0.255 e. The van der Waals surface area contributed by atoms with Crippen LogP contribution < -0.4 is 0 Å². The van der Waals surface area contributed by atoms with E-state index < -0.39 is 0 Å². The van der Waals surface area contributed by atoms with Crippen LogP contribution in [0, 0.1) is 0 Å². The third-order valence-corrected chi connectivity index (χ3v) is 4.00. The van der Waals surface area contributed by atoms with Crippen LogP contribution in [-0.4, -0.2) is 27.6 Å². The molecule has 2 aromatic rings. The van der Waals surface area contributed by atoms with Gasteiger partial charge in [0.25, 0.3) is 5.91 Å². The molecule has 0 bridgehead atoms. The maximum absolute atomic E-state index is 12.3. The predicted octanol–water partition coefficient (Wildman–Crippen LogP) is 3.11. The minimum absolute atomic E-state index is 0.116. The lowest BCUT2D eigenvalue weighted by molar-refractivity contribution is 0.0785. The van der Waals surface area contributed by atoms with Gasteiger partial charge in [-0.25, -0.2) is 0 Å². The highest BCUT2D eigenvalue weighted by Crippen LogP contribution is 2.27. The number of carbonyl (C=O) groups excluding carboxylic acids is 1. The number of nitrogens with zero attached hydrogens (tertiary/aromatic N) is 3. The van der Waals surface area contributed by atoms with E-state index in [2.05, 4.69) is 21.0 Å². The summed E-state index contributed by atoms with van der Waals surface area (Å²) in [6.07, 6.45) is 3.62. The van der Waals surface area contributed by atoms with Crippen LogP contribution in [0.25, 0.3) is 0 Å². The van der Waals surface area contributed by atoms with E-state index >= 15 is 0 Å². The Hall–Kier alpha value is -1.33. The lowest BCUT2D eigenvalue weighted by Gasteiger charge is -2.17. The Morgan fingerprint density at radius 1 is 1.53 bits per heavy atom. The summed E-state index contributed by atoms with van der Waals surface area (Å²) in [6, 6.07) is 5.32. The van der Waals surface area contributed by atoms with Crippen LogP contribution in [0.2, 0.25) is 5.02 Å². The maximum Gasteiger partial charge on any atom is 0.255 e. The Kier molecular flexibility index (Phi) is 4.27. The number of halogens is 2. The van der Waals surface area contributed by atoms with Gasteiger partial charge in [0.15, 0.2) is 0 Å². The zero-order chi connectivity index (χ0) is 14.0. The molecule has 19 heavy (non-hydrogen) atoms. The first kappa shape index (κ1) is 14.1. The summed E-state index contributed by atoms with van der Waals surface area (Å²) in [5.74, 6) is -0.116. The second-order valence-corrected chi connectivity index (χ2v) is 5.52. The lowest BCUT2D eigenvalue weighted by atomic mass is 10.2. The Bertz CT molecular complexity index is 612. The van der Waals surface area contributed by atoms with Gasteiger partial charge in [-0.3, -0.25) is 9.48 Å². The Morgan fingerprint density at radius 2 is 2.26 bits per heavy atom. The summed E-state index contributed by atoms with van der Waals surface area (Å²) in [5, 5.41) is 4.51. The number of rotatable bonds is 3. The summed E-state index contributed by atoms with van der Waals surface area (Å²) < 4.78 is 2.43. The van der Waals surface area contributed by atoms with Gasteiger partial charge in [-0.1, -0.05) is 17.7 Å². The number of benzene rings is 1. The fourth-order valence-corrected chi connectivity index (χ4v) is 2.35. The molecule has 0 unspecified atom stereocenters. The molecule has 1 amide bonds. The fraction of sp³-hybridized carbons (Fsp3) is 0.231. The maximum atomic E-state index is 12.3. The molecule has 100 valence electrons. The summed E-state index contributed by atoms with van der Waals surface area (Å²) in [6.45, 7) is 0.496. The van der Waals surface area contributed by atoms with E-state index in [-0.39, 0.29) is 5.91 Å². The first-order valence-corrected chi connectivity index (χ1v) is 6.83. The van der Waals surface area contributed by atoms with Crippen LogP contribution in [0.5, 0.6) is 0 Å². The Morgan fingerprint density at radius 3 is 2.89 bits per heavy atom. The van der Waals surface area contributed by atoms with Gasteiger partial charge < -0.3 is 4.90 Å². The van der Waals surface area contributed by atoms with E-state index in [1.807, 2.05) is 13.2 Å². The molecule has 0 atom stereocenters. The molecule has 1 aromatic heterocycles. The molecular weight excluding hydrogens is 330 g/mol. The van der Waals surface area contributed by atoms with Crippen molar-refractivity contribution < 1.29 is 4.79 Å². The number of aromatic nitrogens is 2. The minimum Gasteiger partial charge on any atom is -0.337 e. The van der Waals surface area contributed by atoms with E-state index in [9.17, 15) is 4.79 Å². The largest absolute Gasteiger partial charge is 0.337 e. The fourth-order valence-electron chi connectivity index (χ4n) is 1.77. The molecule has 0 fully saturated rings. The van der Waals surface area contributed by atoms with Crippen molar-refractivity contribution in [2.45, 2.75) is 6.54 Å². The van der Waals surface area contributed by atoms with Gasteiger partial charge in [-0.15, -0.1) is 0 Å². The normalized spacial score (nSPS) is 10.5. The quantitative estimate of drug-likeness (QED) is 0.859. The molecular formula is C13H13BrClN3O. The van der Waals surface area contributed by atoms with Crippen molar-refractivity contribution in [2.24, 2.45) is 7.05 Å². The van der Waals surface area contributed by atoms with Crippen LogP contribution in [-0.2, 0) is 13.6 Å². The van der Waals surface area contributed by atoms with Crippen molar-refractivity contribution in [3.63, 3.8) is 0 Å². The average molecular weight is 343 g/mol. The third-order valence-electron chi connectivity index (χ3n) is 2.71. The Labute approximate surface area is 125 Å². The van der Waals surface area contributed by atoms with Crippen LogP contribution in [0.3, 0.4) is 0 Å². The van der Waals surface area contributed by atoms with Gasteiger partial charge in [0, 0.05) is 36.9 Å². The van der Waals surface area contributed by atoms with Crippen molar-refractivity contribution in [1.29, 1.82) is 0 Å². The molecule has 0 aliphatic carbocycles. The predicted molar refractivity (Wildman–Crippen MR) is 78.2 cm³/mol. The van der Waals surface area contributed by atoms with Crippen LogP contribution >= 0.6 is 27.5 Å². The molecule has 0 radical (unpaired) electrons. The first-order chi connectivity index (χ1) is 8.99. The third kappa shape index (κ3) is 3.16. The number of hydrogen-bond acceptors (Lipinski definition) is 2. The van der Waals surface area contributed by atoms with E-state index in [0.717, 1.165) is 10.0 Å². The van der Waals surface area contributed by atoms with Gasteiger partial charge in [0.2, 0.25) is 0 Å². The van der Waals surface area contributed by atoms with Crippen LogP contribution in [0.15, 0.2) is 35.1 Å². The zero-order valence-electron chi connectivity index (χ0n) is 10.6. The van der Waals surface area contributed by atoms with Crippen molar-refractivity contribution in [1.82, 2.24) is 14.7 Å². The van der Waals surface area contributed by atoms with E-state index in [1.165, 1.54) is 0 Å². The molecule has 2 rings (SSSR count).